The van der Waals surface area contributed by atoms with E-state index in [0.717, 1.165) is 5.56 Å². The van der Waals surface area contributed by atoms with Gasteiger partial charge in [0, 0.05) is 23.0 Å². The molecule has 2 aromatic rings. The van der Waals surface area contributed by atoms with Crippen LogP contribution in [0.15, 0.2) is 42.5 Å². The van der Waals surface area contributed by atoms with Gasteiger partial charge in [0.25, 0.3) is 0 Å². The Balaban J connectivity index is 2.12. The molecular formula is C22H25ClFNO4. The highest BCUT2D eigenvalue weighted by molar-refractivity contribution is 6.30. The van der Waals surface area contributed by atoms with Gasteiger partial charge in [-0.3, -0.25) is 4.79 Å². The van der Waals surface area contributed by atoms with Gasteiger partial charge in [-0.15, -0.1) is 0 Å². The number of alkyl carbamates (subject to hydrolysis) is 1. The van der Waals surface area contributed by atoms with Crippen molar-refractivity contribution in [3.63, 3.8) is 0 Å². The summed E-state index contributed by atoms with van der Waals surface area (Å²) in [7, 11) is 0. The summed E-state index contributed by atoms with van der Waals surface area (Å²) in [6.45, 7) is 5.27. The van der Waals surface area contributed by atoms with Gasteiger partial charge in [0.1, 0.15) is 11.4 Å². The number of carbonyl (C=O) groups excluding carboxylic acids is 1. The van der Waals surface area contributed by atoms with E-state index in [1.165, 1.54) is 12.1 Å². The summed E-state index contributed by atoms with van der Waals surface area (Å²) in [5, 5.41) is 12.2. The fraction of sp³-hybridized carbons (Fsp3) is 0.364. The van der Waals surface area contributed by atoms with E-state index in [0.29, 0.717) is 22.6 Å². The minimum atomic E-state index is -0.937. The first kappa shape index (κ1) is 22.7. The fourth-order valence-electron chi connectivity index (χ4n) is 2.82. The topological polar surface area (TPSA) is 75.6 Å². The molecule has 0 aromatic heterocycles. The molecule has 0 unspecified atom stereocenters. The van der Waals surface area contributed by atoms with Gasteiger partial charge >= 0.3 is 12.1 Å². The quantitative estimate of drug-likeness (QED) is 0.623. The number of hydrogen-bond acceptors (Lipinski definition) is 3. The van der Waals surface area contributed by atoms with E-state index >= 15 is 0 Å². The van der Waals surface area contributed by atoms with E-state index in [1.54, 1.807) is 39.0 Å². The van der Waals surface area contributed by atoms with Crippen LogP contribution in [0.5, 0.6) is 0 Å². The van der Waals surface area contributed by atoms with Crippen molar-refractivity contribution < 1.29 is 23.8 Å². The summed E-state index contributed by atoms with van der Waals surface area (Å²) in [5.74, 6) is -1.30. The number of carboxylic acids is 1. The van der Waals surface area contributed by atoms with Crippen molar-refractivity contribution in [3.8, 4) is 11.1 Å². The molecule has 7 heteroatoms. The van der Waals surface area contributed by atoms with Gasteiger partial charge in [0.15, 0.2) is 0 Å². The summed E-state index contributed by atoms with van der Waals surface area (Å²) < 4.78 is 19.3. The third kappa shape index (κ3) is 7.74. The number of hydrogen-bond donors (Lipinski definition) is 2. The summed E-state index contributed by atoms with van der Waals surface area (Å²) >= 11 is 5.95. The molecule has 0 saturated carbocycles. The van der Waals surface area contributed by atoms with Gasteiger partial charge < -0.3 is 15.2 Å². The number of aliphatic carboxylic acids is 1. The molecular weight excluding hydrogens is 397 g/mol. The molecule has 29 heavy (non-hydrogen) atoms. The third-order valence-corrected chi connectivity index (χ3v) is 4.34. The van der Waals surface area contributed by atoms with Crippen molar-refractivity contribution >= 4 is 23.7 Å². The molecule has 156 valence electrons. The van der Waals surface area contributed by atoms with Gasteiger partial charge in [0.05, 0.1) is 0 Å². The Morgan fingerprint density at radius 3 is 2.41 bits per heavy atom. The highest BCUT2D eigenvalue weighted by Crippen LogP contribution is 2.26. The normalized spacial score (nSPS) is 12.3. The minimum Gasteiger partial charge on any atom is -0.481 e. The predicted octanol–water partition coefficient (Wildman–Crippen LogP) is 5.45. The lowest BCUT2D eigenvalue weighted by Gasteiger charge is -2.23. The van der Waals surface area contributed by atoms with E-state index in [4.69, 9.17) is 21.4 Å². The van der Waals surface area contributed by atoms with Crippen LogP contribution in [0.2, 0.25) is 5.02 Å². The minimum absolute atomic E-state index is 0.0771. The van der Waals surface area contributed by atoms with E-state index in [1.807, 2.05) is 12.1 Å². The first-order valence-corrected chi connectivity index (χ1v) is 9.67. The summed E-state index contributed by atoms with van der Waals surface area (Å²) in [6.07, 6.45) is 0.0154. The third-order valence-electron chi connectivity index (χ3n) is 4.10. The lowest BCUT2D eigenvalue weighted by molar-refractivity contribution is -0.137. The fourth-order valence-corrected chi connectivity index (χ4v) is 2.99. The first-order valence-electron chi connectivity index (χ1n) is 9.29. The van der Waals surface area contributed by atoms with Crippen LogP contribution in [-0.2, 0) is 16.0 Å². The van der Waals surface area contributed by atoms with E-state index < -0.39 is 23.7 Å². The van der Waals surface area contributed by atoms with Crippen molar-refractivity contribution in [1.29, 1.82) is 0 Å². The molecule has 0 fully saturated rings. The second kappa shape index (κ2) is 9.74. The lowest BCUT2D eigenvalue weighted by atomic mass is 9.98. The number of nitrogens with one attached hydrogen (secondary N) is 1. The SMILES string of the molecule is CC(C)(C)OC(=O)N[C@@H](CCC(=O)O)Cc1ccc(-c2cc(Cl)ccc2F)cc1. The van der Waals surface area contributed by atoms with E-state index in [2.05, 4.69) is 5.32 Å². The molecule has 0 spiro atoms. The van der Waals surface area contributed by atoms with Gasteiger partial charge in [-0.05, 0) is 62.9 Å². The van der Waals surface area contributed by atoms with Crippen LogP contribution in [0.3, 0.4) is 0 Å². The highest BCUT2D eigenvalue weighted by atomic mass is 35.5. The number of ether oxygens (including phenoxy) is 1. The Morgan fingerprint density at radius 1 is 1.17 bits per heavy atom. The zero-order valence-electron chi connectivity index (χ0n) is 16.7. The smallest absolute Gasteiger partial charge is 0.407 e. The average molecular weight is 422 g/mol. The van der Waals surface area contributed by atoms with Crippen molar-refractivity contribution in [2.75, 3.05) is 0 Å². The first-order chi connectivity index (χ1) is 13.5. The zero-order valence-corrected chi connectivity index (χ0v) is 17.4. The molecule has 0 bridgehead atoms. The second-order valence-electron chi connectivity index (χ2n) is 7.80. The highest BCUT2D eigenvalue weighted by Gasteiger charge is 2.20. The maximum Gasteiger partial charge on any atom is 0.407 e. The van der Waals surface area contributed by atoms with Crippen LogP contribution in [0, 0.1) is 5.82 Å². The monoisotopic (exact) mass is 421 g/mol. The number of benzene rings is 2. The standard InChI is InChI=1S/C22H25ClFNO4/c1-22(2,3)29-21(28)25-17(9-11-20(26)27)12-14-4-6-15(7-5-14)18-13-16(23)8-10-19(18)24/h4-8,10,13,17H,9,11-12H2,1-3H3,(H,25,28)(H,26,27)/t17-/m0/s1. The van der Waals surface area contributed by atoms with Crippen LogP contribution >= 0.6 is 11.6 Å². The van der Waals surface area contributed by atoms with Crippen LogP contribution in [0.1, 0.15) is 39.2 Å². The molecule has 0 saturated heterocycles. The molecule has 0 heterocycles. The largest absolute Gasteiger partial charge is 0.481 e. The predicted molar refractivity (Wildman–Crippen MR) is 111 cm³/mol. The molecule has 5 nitrogen and oxygen atoms in total. The molecule has 0 radical (unpaired) electrons. The zero-order chi connectivity index (χ0) is 21.6. The number of rotatable bonds is 7. The molecule has 2 N–H and O–H groups in total. The van der Waals surface area contributed by atoms with E-state index in [9.17, 15) is 14.0 Å². The Hall–Kier alpha value is -2.60. The lowest BCUT2D eigenvalue weighted by Crippen LogP contribution is -2.40. The summed E-state index contributed by atoms with van der Waals surface area (Å²) in [4.78, 5) is 23.0. The average Bonchev–Trinajstić information content (AvgIpc) is 2.61. The van der Waals surface area contributed by atoms with Crippen LogP contribution < -0.4 is 5.32 Å². The Labute approximate surface area is 174 Å². The van der Waals surface area contributed by atoms with Crippen LogP contribution in [-0.4, -0.2) is 28.8 Å². The maximum absolute atomic E-state index is 14.0. The molecule has 2 rings (SSSR count). The Morgan fingerprint density at radius 2 is 1.83 bits per heavy atom. The maximum atomic E-state index is 14.0. The van der Waals surface area contributed by atoms with Crippen LogP contribution in [0.4, 0.5) is 9.18 Å². The molecule has 1 amide bonds. The van der Waals surface area contributed by atoms with E-state index in [-0.39, 0.29) is 18.7 Å². The van der Waals surface area contributed by atoms with Gasteiger partial charge in [-0.25, -0.2) is 9.18 Å². The Bertz CT molecular complexity index is 862. The molecule has 0 aliphatic rings. The molecule has 0 aliphatic heterocycles. The summed E-state index contributed by atoms with van der Waals surface area (Å²) in [6, 6.07) is 11.1. The van der Waals surface area contributed by atoms with Crippen molar-refractivity contribution in [2.24, 2.45) is 0 Å². The van der Waals surface area contributed by atoms with Gasteiger partial charge in [-0.2, -0.15) is 0 Å². The summed E-state index contributed by atoms with van der Waals surface area (Å²) in [5.41, 5.74) is 1.31. The molecule has 2 aromatic carbocycles. The second-order valence-corrected chi connectivity index (χ2v) is 8.24. The molecule has 1 atom stereocenters. The Kier molecular flexibility index (Phi) is 7.62. The van der Waals surface area contributed by atoms with Crippen molar-refractivity contribution in [3.05, 3.63) is 58.9 Å². The number of amides is 1. The number of carbonyl (C=O) groups is 2. The van der Waals surface area contributed by atoms with Gasteiger partial charge in [0.2, 0.25) is 0 Å². The molecule has 0 aliphatic carbocycles. The number of carboxylic acid groups (broad SMARTS) is 1. The van der Waals surface area contributed by atoms with Gasteiger partial charge in [-0.1, -0.05) is 35.9 Å². The van der Waals surface area contributed by atoms with Crippen molar-refractivity contribution in [1.82, 2.24) is 5.32 Å². The number of halogens is 2. The van der Waals surface area contributed by atoms with Crippen LogP contribution in [0.25, 0.3) is 11.1 Å². The van der Waals surface area contributed by atoms with Crippen molar-refractivity contribution in [2.45, 2.75) is 51.7 Å².